The summed E-state index contributed by atoms with van der Waals surface area (Å²) in [6.45, 7) is 2.90. The van der Waals surface area contributed by atoms with E-state index in [1.165, 1.54) is 0 Å². The molecule has 1 aliphatic heterocycles. The fourth-order valence-corrected chi connectivity index (χ4v) is 2.32. The number of aryl methyl sites for hydroxylation is 1. The number of rotatable bonds is 6. The second-order valence-electron chi connectivity index (χ2n) is 5.49. The quantitative estimate of drug-likeness (QED) is 0.791. The third-order valence-corrected chi connectivity index (χ3v) is 3.62. The predicted molar refractivity (Wildman–Crippen MR) is 90.6 cm³/mol. The number of hydrogen-bond donors (Lipinski definition) is 2. The summed E-state index contributed by atoms with van der Waals surface area (Å²) >= 11 is 0. The molecule has 0 spiro atoms. The van der Waals surface area contributed by atoms with Crippen molar-refractivity contribution in [2.75, 3.05) is 18.4 Å². The first-order valence-corrected chi connectivity index (χ1v) is 7.82. The van der Waals surface area contributed by atoms with Crippen LogP contribution in [0.25, 0.3) is 0 Å². The van der Waals surface area contributed by atoms with Gasteiger partial charge < -0.3 is 15.5 Å². The van der Waals surface area contributed by atoms with Crippen LogP contribution >= 0.6 is 0 Å². The minimum atomic E-state index is -0.203. The number of anilines is 1. The largest absolute Gasteiger partial charge is 0.387 e. The highest BCUT2D eigenvalue weighted by molar-refractivity contribution is 6.39. The highest BCUT2D eigenvalue weighted by Gasteiger charge is 2.26. The summed E-state index contributed by atoms with van der Waals surface area (Å²) in [7, 11) is 0. The summed E-state index contributed by atoms with van der Waals surface area (Å²) in [5, 5.41) is 17.8. The molecule has 1 aromatic carbocycles. The number of benzene rings is 1. The molecule has 124 valence electrons. The van der Waals surface area contributed by atoms with E-state index in [9.17, 15) is 4.79 Å². The summed E-state index contributed by atoms with van der Waals surface area (Å²) < 4.78 is 0. The van der Waals surface area contributed by atoms with Gasteiger partial charge in [0.05, 0.1) is 5.69 Å². The van der Waals surface area contributed by atoms with E-state index in [0.717, 1.165) is 11.3 Å². The van der Waals surface area contributed by atoms with Gasteiger partial charge in [0.25, 0.3) is 5.91 Å². The fourth-order valence-electron chi connectivity index (χ4n) is 2.32. The van der Waals surface area contributed by atoms with Gasteiger partial charge in [-0.25, -0.2) is 0 Å². The van der Waals surface area contributed by atoms with E-state index in [2.05, 4.69) is 26.0 Å². The Labute approximate surface area is 140 Å². The van der Waals surface area contributed by atoms with E-state index in [-0.39, 0.29) is 12.0 Å². The number of aromatic nitrogens is 2. The van der Waals surface area contributed by atoms with E-state index >= 15 is 0 Å². The summed E-state index contributed by atoms with van der Waals surface area (Å²) in [6.07, 6.45) is 0.292. The second-order valence-corrected chi connectivity index (χ2v) is 5.49. The molecule has 3 rings (SSSR count). The lowest BCUT2D eigenvalue weighted by molar-refractivity contribution is -0.114. The Hall–Kier alpha value is -2.96. The van der Waals surface area contributed by atoms with E-state index in [1.807, 2.05) is 49.4 Å². The Balaban J connectivity index is 1.40. The van der Waals surface area contributed by atoms with Crippen LogP contribution in [0.3, 0.4) is 0 Å². The third-order valence-electron chi connectivity index (χ3n) is 3.62. The molecule has 1 amide bonds. The lowest BCUT2D eigenvalue weighted by atomic mass is 10.0. The SMILES string of the molecule is Cc1ccc(NCCNC(=O)C2=NOC(c3ccccc3)C2)nn1. The Morgan fingerprint density at radius 1 is 1.17 bits per heavy atom. The van der Waals surface area contributed by atoms with E-state index in [1.54, 1.807) is 0 Å². The van der Waals surface area contributed by atoms with E-state index in [4.69, 9.17) is 4.84 Å². The Bertz CT molecular complexity index is 716. The summed E-state index contributed by atoms with van der Waals surface area (Å²) in [5.41, 5.74) is 2.30. The third kappa shape index (κ3) is 4.07. The first-order chi connectivity index (χ1) is 11.7. The van der Waals surface area contributed by atoms with E-state index in [0.29, 0.717) is 31.0 Å². The minimum Gasteiger partial charge on any atom is -0.387 e. The molecular formula is C17H19N5O2. The lowest BCUT2D eigenvalue weighted by Crippen LogP contribution is -2.34. The molecule has 24 heavy (non-hydrogen) atoms. The van der Waals surface area contributed by atoms with Crippen molar-refractivity contribution in [2.45, 2.75) is 19.4 Å². The zero-order valence-corrected chi connectivity index (χ0v) is 13.4. The number of nitrogens with zero attached hydrogens (tertiary/aromatic N) is 3. The smallest absolute Gasteiger partial charge is 0.269 e. The van der Waals surface area contributed by atoms with Gasteiger partial charge in [-0.1, -0.05) is 35.5 Å². The van der Waals surface area contributed by atoms with Crippen LogP contribution in [0.4, 0.5) is 5.82 Å². The lowest BCUT2D eigenvalue weighted by Gasteiger charge is -2.08. The number of nitrogens with one attached hydrogen (secondary N) is 2. The van der Waals surface area contributed by atoms with Crippen molar-refractivity contribution in [3.05, 3.63) is 53.7 Å². The molecule has 0 fully saturated rings. The van der Waals surface area contributed by atoms with Crippen LogP contribution < -0.4 is 10.6 Å². The molecule has 1 atom stereocenters. The number of amides is 1. The Kier molecular flexibility index (Phi) is 5.00. The standard InChI is InChI=1S/C17H19N5O2/c1-12-7-8-16(21-20-12)18-9-10-19-17(23)14-11-15(24-22-14)13-5-3-2-4-6-13/h2-8,15H,9-11H2,1H3,(H,18,21)(H,19,23). The van der Waals surface area contributed by atoms with Crippen molar-refractivity contribution in [1.82, 2.24) is 15.5 Å². The average molecular weight is 325 g/mol. The van der Waals surface area contributed by atoms with Crippen LogP contribution in [0.1, 0.15) is 23.8 Å². The van der Waals surface area contributed by atoms with Crippen molar-refractivity contribution in [1.29, 1.82) is 0 Å². The Morgan fingerprint density at radius 3 is 2.75 bits per heavy atom. The fraction of sp³-hybridized carbons (Fsp3) is 0.294. The minimum absolute atomic E-state index is 0.187. The number of oxime groups is 1. The summed E-state index contributed by atoms with van der Waals surface area (Å²) in [4.78, 5) is 17.5. The maximum absolute atomic E-state index is 12.1. The second kappa shape index (κ2) is 7.54. The predicted octanol–water partition coefficient (Wildman–Crippen LogP) is 1.83. The molecule has 1 unspecified atom stereocenters. The molecule has 2 heterocycles. The normalized spacial score (nSPS) is 16.2. The average Bonchev–Trinajstić information content (AvgIpc) is 3.11. The zero-order chi connectivity index (χ0) is 16.8. The van der Waals surface area contributed by atoms with Gasteiger partial charge in [0, 0.05) is 19.5 Å². The monoisotopic (exact) mass is 325 g/mol. The van der Waals surface area contributed by atoms with Crippen molar-refractivity contribution in [3.8, 4) is 0 Å². The molecule has 0 radical (unpaired) electrons. The molecule has 0 saturated carbocycles. The van der Waals surface area contributed by atoms with E-state index < -0.39 is 0 Å². The molecule has 7 heteroatoms. The Morgan fingerprint density at radius 2 is 2.00 bits per heavy atom. The molecule has 1 aliphatic rings. The van der Waals surface area contributed by atoms with Crippen LogP contribution in [0.2, 0.25) is 0 Å². The van der Waals surface area contributed by atoms with Gasteiger partial charge in [0.15, 0.2) is 6.10 Å². The highest BCUT2D eigenvalue weighted by Crippen LogP contribution is 2.26. The van der Waals surface area contributed by atoms with Gasteiger partial charge in [-0.05, 0) is 24.6 Å². The number of carbonyl (C=O) groups is 1. The maximum atomic E-state index is 12.1. The molecule has 0 aliphatic carbocycles. The van der Waals surface area contributed by atoms with Gasteiger partial charge in [-0.2, -0.15) is 5.10 Å². The molecule has 0 bridgehead atoms. The summed E-state index contributed by atoms with van der Waals surface area (Å²) in [5.74, 6) is 0.478. The first-order valence-electron chi connectivity index (χ1n) is 7.82. The van der Waals surface area contributed by atoms with Crippen molar-refractivity contribution < 1.29 is 9.63 Å². The van der Waals surface area contributed by atoms with Crippen LogP contribution in [0.15, 0.2) is 47.6 Å². The summed E-state index contributed by atoms with van der Waals surface area (Å²) in [6, 6.07) is 13.5. The molecular weight excluding hydrogens is 306 g/mol. The van der Waals surface area contributed by atoms with Crippen molar-refractivity contribution in [2.24, 2.45) is 5.16 Å². The van der Waals surface area contributed by atoms with Crippen LogP contribution in [0.5, 0.6) is 0 Å². The molecule has 0 saturated heterocycles. The molecule has 7 nitrogen and oxygen atoms in total. The van der Waals surface area contributed by atoms with Crippen molar-refractivity contribution >= 4 is 17.4 Å². The topological polar surface area (TPSA) is 88.5 Å². The number of hydrogen-bond acceptors (Lipinski definition) is 6. The molecule has 1 aromatic heterocycles. The molecule has 2 N–H and O–H groups in total. The van der Waals surface area contributed by atoms with Gasteiger partial charge >= 0.3 is 0 Å². The van der Waals surface area contributed by atoms with Gasteiger partial charge in [-0.15, -0.1) is 5.10 Å². The van der Waals surface area contributed by atoms with Crippen LogP contribution in [0, 0.1) is 6.92 Å². The molecule has 2 aromatic rings. The van der Waals surface area contributed by atoms with Crippen molar-refractivity contribution in [3.63, 3.8) is 0 Å². The number of carbonyl (C=O) groups excluding carboxylic acids is 1. The maximum Gasteiger partial charge on any atom is 0.269 e. The van der Waals surface area contributed by atoms with Gasteiger partial charge in [-0.3, -0.25) is 4.79 Å². The van der Waals surface area contributed by atoms with Gasteiger partial charge in [0.1, 0.15) is 11.5 Å². The van der Waals surface area contributed by atoms with Crippen LogP contribution in [-0.4, -0.2) is 34.9 Å². The zero-order valence-electron chi connectivity index (χ0n) is 13.4. The highest BCUT2D eigenvalue weighted by atomic mass is 16.6. The van der Waals surface area contributed by atoms with Gasteiger partial charge in [0.2, 0.25) is 0 Å². The first kappa shape index (κ1) is 15.9. The van der Waals surface area contributed by atoms with Crippen LogP contribution in [-0.2, 0) is 9.63 Å².